The van der Waals surface area contributed by atoms with Gasteiger partial charge in [-0.05, 0) is 25.1 Å². The monoisotopic (exact) mass is 294 g/mol. The first kappa shape index (κ1) is 11.9. The summed E-state index contributed by atoms with van der Waals surface area (Å²) in [6.07, 6.45) is 1.12. The van der Waals surface area contributed by atoms with Gasteiger partial charge in [-0.25, -0.2) is 4.79 Å². The third-order valence-corrected chi connectivity index (χ3v) is 2.75. The molecule has 5 heteroatoms. The summed E-state index contributed by atoms with van der Waals surface area (Å²) in [5.74, 6) is 0. The van der Waals surface area contributed by atoms with Crippen LogP contribution in [0.3, 0.4) is 0 Å². The number of hydrogen-bond acceptors (Lipinski definition) is 3. The Bertz CT molecular complexity index is 520. The predicted molar refractivity (Wildman–Crippen MR) is 67.8 cm³/mol. The van der Waals surface area contributed by atoms with E-state index >= 15 is 0 Å². The zero-order valence-electron chi connectivity index (χ0n) is 9.26. The van der Waals surface area contributed by atoms with Gasteiger partial charge in [0, 0.05) is 10.0 Å². The van der Waals surface area contributed by atoms with Crippen LogP contribution in [0.5, 0.6) is 0 Å². The van der Waals surface area contributed by atoms with Gasteiger partial charge in [0.2, 0.25) is 0 Å². The van der Waals surface area contributed by atoms with Crippen LogP contribution in [-0.2, 0) is 4.74 Å². The van der Waals surface area contributed by atoms with Gasteiger partial charge in [0.25, 0.3) is 0 Å². The number of benzene rings is 1. The molecule has 0 unspecified atom stereocenters. The van der Waals surface area contributed by atoms with Crippen molar-refractivity contribution in [2.24, 2.45) is 0 Å². The van der Waals surface area contributed by atoms with Gasteiger partial charge >= 0.3 is 6.09 Å². The first-order valence-electron chi connectivity index (χ1n) is 5.19. The standard InChI is InChI=1S/C12H11BrN2O2/c1-2-17-12(16)15-11(7-8-14-15)9-3-5-10(13)6-4-9/h3-8H,2H2,1H3. The van der Waals surface area contributed by atoms with Crippen molar-refractivity contribution >= 4 is 22.0 Å². The number of carbonyl (C=O) groups excluding carboxylic acids is 1. The van der Waals surface area contributed by atoms with Crippen LogP contribution in [0.4, 0.5) is 4.79 Å². The van der Waals surface area contributed by atoms with Crippen molar-refractivity contribution in [3.63, 3.8) is 0 Å². The SMILES string of the molecule is CCOC(=O)n1nccc1-c1ccc(Br)cc1. The Labute approximate surface area is 107 Å². The van der Waals surface area contributed by atoms with Crippen LogP contribution in [0.25, 0.3) is 11.3 Å². The Morgan fingerprint density at radius 3 is 2.71 bits per heavy atom. The molecule has 17 heavy (non-hydrogen) atoms. The van der Waals surface area contributed by atoms with Gasteiger partial charge in [-0.2, -0.15) is 9.78 Å². The molecule has 2 rings (SSSR count). The van der Waals surface area contributed by atoms with E-state index in [1.54, 1.807) is 19.2 Å². The molecule has 0 spiro atoms. The summed E-state index contributed by atoms with van der Waals surface area (Å²) < 4.78 is 7.17. The molecule has 0 aliphatic rings. The molecule has 0 atom stereocenters. The van der Waals surface area contributed by atoms with Crippen LogP contribution < -0.4 is 0 Å². The first-order valence-corrected chi connectivity index (χ1v) is 5.98. The van der Waals surface area contributed by atoms with Gasteiger partial charge < -0.3 is 4.74 Å². The summed E-state index contributed by atoms with van der Waals surface area (Å²) in [6, 6.07) is 9.43. The van der Waals surface area contributed by atoms with Crippen molar-refractivity contribution in [3.8, 4) is 11.3 Å². The zero-order chi connectivity index (χ0) is 12.3. The fourth-order valence-electron chi connectivity index (χ4n) is 1.47. The summed E-state index contributed by atoms with van der Waals surface area (Å²) >= 11 is 3.37. The van der Waals surface area contributed by atoms with Gasteiger partial charge in [0.15, 0.2) is 0 Å². The number of rotatable bonds is 2. The highest BCUT2D eigenvalue weighted by atomic mass is 79.9. The molecule has 0 saturated heterocycles. The predicted octanol–water partition coefficient (Wildman–Crippen LogP) is 3.32. The van der Waals surface area contributed by atoms with E-state index < -0.39 is 6.09 Å². The maximum atomic E-state index is 11.6. The summed E-state index contributed by atoms with van der Waals surface area (Å²) in [6.45, 7) is 2.10. The summed E-state index contributed by atoms with van der Waals surface area (Å²) in [7, 11) is 0. The molecule has 0 aliphatic heterocycles. The van der Waals surface area contributed by atoms with Gasteiger partial charge in [0.05, 0.1) is 18.5 Å². The lowest BCUT2D eigenvalue weighted by Crippen LogP contribution is -2.15. The number of ether oxygens (including phenoxy) is 1. The maximum Gasteiger partial charge on any atom is 0.435 e. The minimum absolute atomic E-state index is 0.332. The number of nitrogens with zero attached hydrogens (tertiary/aromatic N) is 2. The minimum atomic E-state index is -0.463. The number of hydrogen-bond donors (Lipinski definition) is 0. The summed E-state index contributed by atoms with van der Waals surface area (Å²) in [5, 5.41) is 3.96. The third-order valence-electron chi connectivity index (χ3n) is 2.22. The second-order valence-corrected chi connectivity index (χ2v) is 4.25. The van der Waals surface area contributed by atoms with E-state index in [4.69, 9.17) is 4.74 Å². The lowest BCUT2D eigenvalue weighted by Gasteiger charge is -2.06. The van der Waals surface area contributed by atoms with Crippen molar-refractivity contribution in [1.29, 1.82) is 0 Å². The number of aromatic nitrogens is 2. The van der Waals surface area contributed by atoms with Gasteiger partial charge in [-0.1, -0.05) is 28.1 Å². The van der Waals surface area contributed by atoms with Crippen LogP contribution in [0.1, 0.15) is 6.92 Å². The number of halogens is 1. The largest absolute Gasteiger partial charge is 0.448 e. The van der Waals surface area contributed by atoms with Crippen LogP contribution in [0.15, 0.2) is 41.0 Å². The molecule has 1 heterocycles. The van der Waals surface area contributed by atoms with Gasteiger partial charge in [-0.3, -0.25) is 0 Å². The van der Waals surface area contributed by atoms with E-state index in [-0.39, 0.29) is 0 Å². The molecule has 0 radical (unpaired) electrons. The van der Waals surface area contributed by atoms with E-state index in [0.29, 0.717) is 6.61 Å². The van der Waals surface area contributed by atoms with E-state index in [1.807, 2.05) is 24.3 Å². The summed E-state index contributed by atoms with van der Waals surface area (Å²) in [5.41, 5.74) is 1.63. The lowest BCUT2D eigenvalue weighted by atomic mass is 10.1. The van der Waals surface area contributed by atoms with Crippen LogP contribution in [0.2, 0.25) is 0 Å². The van der Waals surface area contributed by atoms with Gasteiger partial charge in [-0.15, -0.1) is 0 Å². The third kappa shape index (κ3) is 2.55. The second-order valence-electron chi connectivity index (χ2n) is 3.33. The van der Waals surface area contributed by atoms with Crippen molar-refractivity contribution in [2.75, 3.05) is 6.61 Å². The topological polar surface area (TPSA) is 44.1 Å². The fraction of sp³-hybridized carbons (Fsp3) is 0.167. The van der Waals surface area contributed by atoms with Crippen molar-refractivity contribution in [1.82, 2.24) is 9.78 Å². The average Bonchev–Trinajstić information content (AvgIpc) is 2.79. The maximum absolute atomic E-state index is 11.6. The smallest absolute Gasteiger partial charge is 0.435 e. The second kappa shape index (κ2) is 5.14. The minimum Gasteiger partial charge on any atom is -0.448 e. The Kier molecular flexibility index (Phi) is 3.58. The normalized spacial score (nSPS) is 10.2. The zero-order valence-corrected chi connectivity index (χ0v) is 10.8. The van der Waals surface area contributed by atoms with Crippen molar-refractivity contribution < 1.29 is 9.53 Å². The molecular formula is C12H11BrN2O2. The molecular weight excluding hydrogens is 284 g/mol. The van der Waals surface area contributed by atoms with E-state index in [9.17, 15) is 4.79 Å². The van der Waals surface area contributed by atoms with Crippen LogP contribution in [-0.4, -0.2) is 22.5 Å². The van der Waals surface area contributed by atoms with E-state index in [2.05, 4.69) is 21.0 Å². The van der Waals surface area contributed by atoms with Crippen molar-refractivity contribution in [3.05, 3.63) is 41.0 Å². The molecule has 0 N–H and O–H groups in total. The Morgan fingerprint density at radius 2 is 2.06 bits per heavy atom. The Morgan fingerprint density at radius 1 is 1.35 bits per heavy atom. The number of carbonyl (C=O) groups is 1. The molecule has 4 nitrogen and oxygen atoms in total. The highest BCUT2D eigenvalue weighted by Crippen LogP contribution is 2.21. The molecule has 0 amide bonds. The van der Waals surface area contributed by atoms with Crippen molar-refractivity contribution in [2.45, 2.75) is 6.92 Å². The molecule has 1 aromatic heterocycles. The van der Waals surface area contributed by atoms with Gasteiger partial charge in [0.1, 0.15) is 0 Å². The lowest BCUT2D eigenvalue weighted by molar-refractivity contribution is 0.151. The van der Waals surface area contributed by atoms with E-state index in [1.165, 1.54) is 4.68 Å². The van der Waals surface area contributed by atoms with E-state index in [0.717, 1.165) is 15.7 Å². The molecule has 88 valence electrons. The Hall–Kier alpha value is -1.62. The molecule has 0 saturated carbocycles. The highest BCUT2D eigenvalue weighted by molar-refractivity contribution is 9.10. The molecule has 0 fully saturated rings. The summed E-state index contributed by atoms with van der Waals surface area (Å²) in [4.78, 5) is 11.6. The molecule has 2 aromatic rings. The fourth-order valence-corrected chi connectivity index (χ4v) is 1.74. The average molecular weight is 295 g/mol. The quantitative estimate of drug-likeness (QED) is 0.853. The molecule has 0 bridgehead atoms. The van der Waals surface area contributed by atoms with Crippen LogP contribution >= 0.6 is 15.9 Å². The van der Waals surface area contributed by atoms with Crippen LogP contribution in [0, 0.1) is 0 Å². The molecule has 0 aliphatic carbocycles. The Balaban J connectivity index is 2.36. The highest BCUT2D eigenvalue weighted by Gasteiger charge is 2.12. The first-order chi connectivity index (χ1) is 8.22. The molecule has 1 aromatic carbocycles.